The summed E-state index contributed by atoms with van der Waals surface area (Å²) in [6.07, 6.45) is 0.128. The maximum atomic E-state index is 13.1. The first-order chi connectivity index (χ1) is 10.8. The molecule has 4 rings (SSSR count). The molecule has 4 aliphatic rings. The Kier molecular flexibility index (Phi) is 3.51. The quantitative estimate of drug-likeness (QED) is 0.575. The Morgan fingerprint density at radius 1 is 1.17 bits per heavy atom. The molecule has 23 heavy (non-hydrogen) atoms. The fourth-order valence-corrected chi connectivity index (χ4v) is 5.47. The highest BCUT2D eigenvalue weighted by Gasteiger charge is 2.61. The SMILES string of the molecule is CC1=C2C[C@@H](C[C@@H]1O)C[C@H]1[C@H]3CO[C@H]3CC(O)[C@@]1(C)C(=O)C2O. The topological polar surface area (TPSA) is 87.0 Å². The molecule has 128 valence electrons. The summed E-state index contributed by atoms with van der Waals surface area (Å²) in [6.45, 7) is 4.27. The fraction of sp³-hybridized carbons (Fsp3) is 0.833. The van der Waals surface area contributed by atoms with Gasteiger partial charge >= 0.3 is 0 Å². The van der Waals surface area contributed by atoms with Crippen molar-refractivity contribution in [3.8, 4) is 0 Å². The van der Waals surface area contributed by atoms with E-state index in [-0.39, 0.29) is 29.6 Å². The summed E-state index contributed by atoms with van der Waals surface area (Å²) in [5.41, 5.74) is 0.494. The summed E-state index contributed by atoms with van der Waals surface area (Å²) in [4.78, 5) is 13.1. The molecule has 0 radical (unpaired) electrons. The molecule has 5 nitrogen and oxygen atoms in total. The predicted octanol–water partition coefficient (Wildman–Crippen LogP) is 0.810. The Labute approximate surface area is 136 Å². The van der Waals surface area contributed by atoms with Gasteiger partial charge in [0.15, 0.2) is 5.78 Å². The zero-order chi connectivity index (χ0) is 16.5. The van der Waals surface area contributed by atoms with Gasteiger partial charge in [0, 0.05) is 12.3 Å². The third-order valence-electron chi connectivity index (χ3n) is 7.18. The van der Waals surface area contributed by atoms with Crippen molar-refractivity contribution in [1.29, 1.82) is 0 Å². The average molecular weight is 322 g/mol. The number of carbonyl (C=O) groups is 1. The highest BCUT2D eigenvalue weighted by Crippen LogP contribution is 2.55. The Morgan fingerprint density at radius 3 is 2.57 bits per heavy atom. The van der Waals surface area contributed by atoms with Crippen LogP contribution in [0.25, 0.3) is 0 Å². The Balaban J connectivity index is 1.79. The van der Waals surface area contributed by atoms with Gasteiger partial charge in [0.2, 0.25) is 0 Å². The second-order valence-corrected chi connectivity index (χ2v) is 8.21. The summed E-state index contributed by atoms with van der Waals surface area (Å²) >= 11 is 0. The first kappa shape index (κ1) is 15.8. The van der Waals surface area contributed by atoms with Gasteiger partial charge < -0.3 is 20.1 Å². The molecular formula is C18H26O5. The van der Waals surface area contributed by atoms with Crippen LogP contribution in [0.15, 0.2) is 11.1 Å². The predicted molar refractivity (Wildman–Crippen MR) is 82.5 cm³/mol. The zero-order valence-electron chi connectivity index (χ0n) is 13.7. The minimum absolute atomic E-state index is 0.0179. The van der Waals surface area contributed by atoms with Crippen LogP contribution in [-0.4, -0.2) is 52.1 Å². The summed E-state index contributed by atoms with van der Waals surface area (Å²) in [7, 11) is 0. The average Bonchev–Trinajstić information content (AvgIpc) is 2.49. The first-order valence-corrected chi connectivity index (χ1v) is 8.73. The second kappa shape index (κ2) is 5.12. The molecule has 8 atom stereocenters. The first-order valence-electron chi connectivity index (χ1n) is 8.73. The smallest absolute Gasteiger partial charge is 0.174 e. The van der Waals surface area contributed by atoms with Crippen molar-refractivity contribution in [3.63, 3.8) is 0 Å². The van der Waals surface area contributed by atoms with Crippen LogP contribution < -0.4 is 0 Å². The molecule has 0 aromatic rings. The lowest BCUT2D eigenvalue weighted by Gasteiger charge is -2.58. The van der Waals surface area contributed by atoms with Gasteiger partial charge in [0.25, 0.3) is 0 Å². The summed E-state index contributed by atoms with van der Waals surface area (Å²) in [5.74, 6) is 0.277. The van der Waals surface area contributed by atoms with Crippen LogP contribution >= 0.6 is 0 Å². The largest absolute Gasteiger partial charge is 0.392 e. The van der Waals surface area contributed by atoms with Gasteiger partial charge in [-0.25, -0.2) is 0 Å². The van der Waals surface area contributed by atoms with Crippen molar-refractivity contribution in [2.45, 2.75) is 63.9 Å². The highest BCUT2D eigenvalue weighted by atomic mass is 16.5. The molecule has 0 amide bonds. The molecule has 3 aliphatic carbocycles. The van der Waals surface area contributed by atoms with Crippen molar-refractivity contribution in [2.75, 3.05) is 6.61 Å². The van der Waals surface area contributed by atoms with Crippen LogP contribution in [0.4, 0.5) is 0 Å². The van der Waals surface area contributed by atoms with Crippen LogP contribution in [0.1, 0.15) is 39.5 Å². The normalized spacial score (nSPS) is 52.9. The van der Waals surface area contributed by atoms with Crippen LogP contribution in [0.3, 0.4) is 0 Å². The van der Waals surface area contributed by atoms with Crippen molar-refractivity contribution >= 4 is 5.78 Å². The minimum atomic E-state index is -1.20. The van der Waals surface area contributed by atoms with Gasteiger partial charge in [-0.3, -0.25) is 4.79 Å². The molecule has 3 fully saturated rings. The standard InChI is InChI=1S/C18H26O5/c1-8-10-3-9(5-13(8)19)4-12-11-7-23-14(11)6-15(20)18(12,2)17(22)16(10)21/h9,11-16,19-21H,3-7H2,1-2H3/t9-,11-,12+,13+,14+,15?,16?,18+/m1/s1. The third kappa shape index (κ3) is 2.03. The molecule has 2 unspecified atom stereocenters. The number of ketones is 1. The molecule has 5 heteroatoms. The number of aliphatic hydroxyl groups excluding tert-OH is 3. The molecule has 2 saturated carbocycles. The summed E-state index contributed by atoms with van der Waals surface area (Å²) in [6, 6.07) is 0. The van der Waals surface area contributed by atoms with E-state index in [9.17, 15) is 20.1 Å². The van der Waals surface area contributed by atoms with Crippen LogP contribution in [0.2, 0.25) is 0 Å². The number of Topliss-reactive ketones (excluding diaryl/α,β-unsaturated/α-hetero) is 1. The molecule has 1 heterocycles. The Morgan fingerprint density at radius 2 is 1.91 bits per heavy atom. The van der Waals surface area contributed by atoms with Gasteiger partial charge in [-0.1, -0.05) is 0 Å². The number of carbonyl (C=O) groups excluding carboxylic acids is 1. The molecule has 0 spiro atoms. The number of ether oxygens (including phenoxy) is 1. The van der Waals surface area contributed by atoms with E-state index >= 15 is 0 Å². The van der Waals surface area contributed by atoms with Gasteiger partial charge in [-0.15, -0.1) is 0 Å². The molecular weight excluding hydrogens is 296 g/mol. The highest BCUT2D eigenvalue weighted by molar-refractivity contribution is 5.92. The van der Waals surface area contributed by atoms with Gasteiger partial charge in [-0.2, -0.15) is 0 Å². The van der Waals surface area contributed by atoms with Crippen molar-refractivity contribution in [2.24, 2.45) is 23.2 Å². The number of rotatable bonds is 0. The van der Waals surface area contributed by atoms with E-state index in [2.05, 4.69) is 0 Å². The van der Waals surface area contributed by atoms with Crippen molar-refractivity contribution in [3.05, 3.63) is 11.1 Å². The van der Waals surface area contributed by atoms with E-state index < -0.39 is 23.7 Å². The van der Waals surface area contributed by atoms with E-state index in [0.29, 0.717) is 31.4 Å². The fourth-order valence-electron chi connectivity index (χ4n) is 5.47. The number of hydrogen-bond acceptors (Lipinski definition) is 5. The van der Waals surface area contributed by atoms with Gasteiger partial charge in [0.05, 0.1) is 30.3 Å². The lowest BCUT2D eigenvalue weighted by Crippen LogP contribution is -2.64. The summed E-state index contributed by atoms with van der Waals surface area (Å²) < 4.78 is 5.58. The van der Waals surface area contributed by atoms with E-state index in [1.165, 1.54) is 0 Å². The van der Waals surface area contributed by atoms with E-state index in [1.807, 2.05) is 6.92 Å². The molecule has 0 aromatic carbocycles. The number of aliphatic hydroxyl groups is 3. The molecule has 1 aliphatic heterocycles. The lowest BCUT2D eigenvalue weighted by molar-refractivity contribution is -0.228. The maximum Gasteiger partial charge on any atom is 0.174 e. The van der Waals surface area contributed by atoms with Crippen LogP contribution in [0, 0.1) is 23.2 Å². The number of fused-ring (bicyclic) bond motifs is 5. The van der Waals surface area contributed by atoms with Crippen molar-refractivity contribution in [1.82, 2.24) is 0 Å². The van der Waals surface area contributed by atoms with Crippen molar-refractivity contribution < 1.29 is 24.9 Å². The zero-order valence-corrected chi connectivity index (χ0v) is 13.7. The molecule has 2 bridgehead atoms. The molecule has 3 N–H and O–H groups in total. The van der Waals surface area contributed by atoms with E-state index in [1.54, 1.807) is 6.92 Å². The van der Waals surface area contributed by atoms with E-state index in [4.69, 9.17) is 4.74 Å². The minimum Gasteiger partial charge on any atom is -0.392 e. The Hall–Kier alpha value is -0.750. The molecule has 0 aromatic heterocycles. The lowest BCUT2D eigenvalue weighted by atomic mass is 9.52. The van der Waals surface area contributed by atoms with Gasteiger partial charge in [0.1, 0.15) is 6.10 Å². The van der Waals surface area contributed by atoms with Crippen LogP contribution in [0.5, 0.6) is 0 Å². The van der Waals surface area contributed by atoms with Crippen LogP contribution in [-0.2, 0) is 9.53 Å². The van der Waals surface area contributed by atoms with Gasteiger partial charge in [-0.05, 0) is 56.1 Å². The summed E-state index contributed by atoms with van der Waals surface area (Å²) in [5, 5.41) is 31.7. The Bertz CT molecular complexity index is 570. The van der Waals surface area contributed by atoms with E-state index in [0.717, 1.165) is 12.0 Å². The second-order valence-electron chi connectivity index (χ2n) is 8.21. The molecule has 1 saturated heterocycles. The third-order valence-corrected chi connectivity index (χ3v) is 7.18. The number of hydrogen-bond donors (Lipinski definition) is 3. The maximum absolute atomic E-state index is 13.1. The monoisotopic (exact) mass is 322 g/mol.